The van der Waals surface area contributed by atoms with Crippen LogP contribution in [0.2, 0.25) is 0 Å². The zero-order chi connectivity index (χ0) is 17.0. The Kier molecular flexibility index (Phi) is 6.15. The molecule has 0 spiro atoms. The summed E-state index contributed by atoms with van der Waals surface area (Å²) in [6.45, 7) is 14.0. The molecule has 1 rings (SSSR count). The number of nitrogens with one attached hydrogen (secondary N) is 1. The normalized spacial score (nSPS) is 12.8. The molecule has 0 aromatic heterocycles. The quantitative estimate of drug-likeness (QED) is 0.768. The third-order valence-electron chi connectivity index (χ3n) is 3.32. The molecule has 3 nitrogen and oxygen atoms in total. The van der Waals surface area contributed by atoms with Gasteiger partial charge in [0, 0.05) is 6.54 Å². The van der Waals surface area contributed by atoms with Crippen molar-refractivity contribution in [3.8, 4) is 0 Å². The lowest BCUT2D eigenvalue weighted by Gasteiger charge is -2.23. The Labute approximate surface area is 135 Å². The van der Waals surface area contributed by atoms with Gasteiger partial charge in [0.15, 0.2) is 0 Å². The monoisotopic (exact) mass is 321 g/mol. The molecule has 0 unspecified atom stereocenters. The summed E-state index contributed by atoms with van der Waals surface area (Å²) in [7, 11) is -3.47. The van der Waals surface area contributed by atoms with Crippen LogP contribution in [0.15, 0.2) is 47.4 Å². The fourth-order valence-corrected chi connectivity index (χ4v) is 3.54. The van der Waals surface area contributed by atoms with Crippen molar-refractivity contribution < 1.29 is 8.42 Å². The molecule has 0 aliphatic rings. The highest BCUT2D eigenvalue weighted by molar-refractivity contribution is 7.89. The second kappa shape index (κ2) is 7.25. The van der Waals surface area contributed by atoms with Crippen LogP contribution in [0.1, 0.15) is 38.3 Å². The van der Waals surface area contributed by atoms with E-state index in [0.29, 0.717) is 11.4 Å². The highest BCUT2D eigenvalue weighted by Gasteiger charge is 2.21. The molecule has 0 fully saturated rings. The molecule has 1 aromatic rings. The van der Waals surface area contributed by atoms with Crippen molar-refractivity contribution in [3.05, 3.63) is 53.6 Å². The third-order valence-corrected chi connectivity index (χ3v) is 4.70. The average Bonchev–Trinajstić information content (AvgIpc) is 2.35. The van der Waals surface area contributed by atoms with Gasteiger partial charge >= 0.3 is 0 Å². The van der Waals surface area contributed by atoms with Crippen molar-refractivity contribution in [1.82, 2.24) is 4.72 Å². The van der Waals surface area contributed by atoms with Gasteiger partial charge in [-0.1, -0.05) is 44.2 Å². The summed E-state index contributed by atoms with van der Waals surface area (Å²) in [6, 6.07) is 5.36. The van der Waals surface area contributed by atoms with Crippen LogP contribution in [0.25, 0.3) is 0 Å². The van der Waals surface area contributed by atoms with Crippen molar-refractivity contribution >= 4 is 10.0 Å². The maximum Gasteiger partial charge on any atom is 0.240 e. The Morgan fingerprint density at radius 1 is 1.23 bits per heavy atom. The number of benzene rings is 1. The van der Waals surface area contributed by atoms with Crippen molar-refractivity contribution in [2.75, 3.05) is 6.54 Å². The summed E-state index contributed by atoms with van der Waals surface area (Å²) in [5, 5.41) is 0. The molecular formula is C18H27NO2S. The standard InChI is InChI=1S/C18H27NO2S/c1-14(2)8-7-9-18(5,6)13-19-22(20,21)17-11-15(3)10-16(4)12-17/h7-8,10-12,19H,1,9,13H2,2-6H3/b8-7+. The number of hydrogen-bond donors (Lipinski definition) is 1. The summed E-state index contributed by atoms with van der Waals surface area (Å²) in [5.41, 5.74) is 2.73. The highest BCUT2D eigenvalue weighted by Crippen LogP contribution is 2.22. The van der Waals surface area contributed by atoms with Gasteiger partial charge < -0.3 is 0 Å². The van der Waals surface area contributed by atoms with Gasteiger partial charge in [-0.15, -0.1) is 0 Å². The van der Waals surface area contributed by atoms with Crippen molar-refractivity contribution in [1.29, 1.82) is 0 Å². The Morgan fingerprint density at radius 2 is 1.77 bits per heavy atom. The molecule has 122 valence electrons. The van der Waals surface area contributed by atoms with Gasteiger partial charge in [-0.05, 0) is 55.9 Å². The van der Waals surface area contributed by atoms with Crippen molar-refractivity contribution in [2.45, 2.75) is 45.9 Å². The van der Waals surface area contributed by atoms with Gasteiger partial charge in [0.25, 0.3) is 0 Å². The van der Waals surface area contributed by atoms with E-state index in [4.69, 9.17) is 0 Å². The minimum atomic E-state index is -3.47. The molecule has 0 amide bonds. The molecule has 1 aromatic carbocycles. The van der Waals surface area contributed by atoms with E-state index < -0.39 is 10.0 Å². The lowest BCUT2D eigenvalue weighted by atomic mass is 9.89. The van der Waals surface area contributed by atoms with Crippen molar-refractivity contribution in [3.63, 3.8) is 0 Å². The average molecular weight is 321 g/mol. The topological polar surface area (TPSA) is 46.2 Å². The maximum absolute atomic E-state index is 12.4. The second-order valence-corrected chi connectivity index (χ2v) is 8.53. The summed E-state index contributed by atoms with van der Waals surface area (Å²) >= 11 is 0. The maximum atomic E-state index is 12.4. The molecule has 0 bridgehead atoms. The molecule has 4 heteroatoms. The summed E-state index contributed by atoms with van der Waals surface area (Å²) in [6.07, 6.45) is 4.78. The molecule has 0 saturated heterocycles. The van der Waals surface area contributed by atoms with Crippen LogP contribution in [-0.2, 0) is 10.0 Å². The third kappa shape index (κ3) is 6.16. The minimum absolute atomic E-state index is 0.155. The van der Waals surface area contributed by atoms with E-state index in [2.05, 4.69) is 11.3 Å². The largest absolute Gasteiger partial charge is 0.240 e. The van der Waals surface area contributed by atoms with E-state index in [-0.39, 0.29) is 5.41 Å². The zero-order valence-electron chi connectivity index (χ0n) is 14.2. The van der Waals surface area contributed by atoms with Gasteiger partial charge in [-0.2, -0.15) is 0 Å². The first-order valence-electron chi connectivity index (χ1n) is 7.42. The van der Waals surface area contributed by atoms with Crippen LogP contribution in [-0.4, -0.2) is 15.0 Å². The first kappa shape index (κ1) is 18.7. The van der Waals surface area contributed by atoms with E-state index in [1.807, 2.05) is 52.8 Å². The highest BCUT2D eigenvalue weighted by atomic mass is 32.2. The Balaban J connectivity index is 2.78. The van der Waals surface area contributed by atoms with Crippen LogP contribution in [0.5, 0.6) is 0 Å². The fourth-order valence-electron chi connectivity index (χ4n) is 2.11. The Bertz CT molecular complexity index is 650. The van der Waals surface area contributed by atoms with Crippen LogP contribution < -0.4 is 4.72 Å². The van der Waals surface area contributed by atoms with Crippen LogP contribution in [0, 0.1) is 19.3 Å². The van der Waals surface area contributed by atoms with Gasteiger partial charge in [-0.3, -0.25) is 0 Å². The van der Waals surface area contributed by atoms with Crippen molar-refractivity contribution in [2.24, 2.45) is 5.41 Å². The SMILES string of the molecule is C=C(C)/C=C/CC(C)(C)CNS(=O)(=O)c1cc(C)cc(C)c1. The van der Waals surface area contributed by atoms with Crippen LogP contribution in [0.4, 0.5) is 0 Å². The van der Waals surface area contributed by atoms with E-state index in [9.17, 15) is 8.42 Å². The molecule has 1 N–H and O–H groups in total. The smallest absolute Gasteiger partial charge is 0.211 e. The Hall–Kier alpha value is -1.39. The molecule has 0 radical (unpaired) electrons. The summed E-state index contributed by atoms with van der Waals surface area (Å²) < 4.78 is 27.6. The van der Waals surface area contributed by atoms with Crippen LogP contribution >= 0.6 is 0 Å². The zero-order valence-corrected chi connectivity index (χ0v) is 15.0. The minimum Gasteiger partial charge on any atom is -0.211 e. The van der Waals surface area contributed by atoms with Crippen LogP contribution in [0.3, 0.4) is 0 Å². The molecular weight excluding hydrogens is 294 g/mol. The van der Waals surface area contributed by atoms with Gasteiger partial charge in [-0.25, -0.2) is 13.1 Å². The van der Waals surface area contributed by atoms with E-state index in [1.54, 1.807) is 12.1 Å². The predicted molar refractivity (Wildman–Crippen MR) is 93.5 cm³/mol. The summed E-state index contributed by atoms with van der Waals surface area (Å²) in [5.74, 6) is 0. The Morgan fingerprint density at radius 3 is 2.27 bits per heavy atom. The molecule has 0 aliphatic heterocycles. The molecule has 0 aliphatic carbocycles. The molecule has 0 saturated carbocycles. The summed E-state index contributed by atoms with van der Waals surface area (Å²) in [4.78, 5) is 0.332. The van der Waals surface area contributed by atoms with E-state index in [0.717, 1.165) is 23.1 Å². The lowest BCUT2D eigenvalue weighted by Crippen LogP contribution is -2.33. The second-order valence-electron chi connectivity index (χ2n) is 6.77. The lowest BCUT2D eigenvalue weighted by molar-refractivity contribution is 0.368. The van der Waals surface area contributed by atoms with Gasteiger partial charge in [0.1, 0.15) is 0 Å². The molecule has 0 atom stereocenters. The predicted octanol–water partition coefficient (Wildman–Crippen LogP) is 4.13. The first-order chi connectivity index (χ1) is 10.0. The molecule has 22 heavy (non-hydrogen) atoms. The number of aryl methyl sites for hydroxylation is 2. The van der Waals surface area contributed by atoms with Gasteiger partial charge in [0.2, 0.25) is 10.0 Å². The number of allylic oxidation sites excluding steroid dienone is 3. The number of sulfonamides is 1. The number of rotatable bonds is 7. The first-order valence-corrected chi connectivity index (χ1v) is 8.90. The van der Waals surface area contributed by atoms with Gasteiger partial charge in [0.05, 0.1) is 4.90 Å². The molecule has 0 heterocycles. The van der Waals surface area contributed by atoms with E-state index >= 15 is 0 Å². The fraction of sp³-hybridized carbons (Fsp3) is 0.444. The van der Waals surface area contributed by atoms with E-state index in [1.165, 1.54) is 0 Å². The number of hydrogen-bond acceptors (Lipinski definition) is 2.